The van der Waals surface area contributed by atoms with Crippen LogP contribution in [-0.4, -0.2) is 39.3 Å². The predicted molar refractivity (Wildman–Crippen MR) is 83.1 cm³/mol. The molecule has 1 rings (SSSR count). The number of benzene rings is 1. The molecule has 0 amide bonds. The molecule has 0 aliphatic carbocycles. The summed E-state index contributed by atoms with van der Waals surface area (Å²) in [6.07, 6.45) is 0. The van der Waals surface area contributed by atoms with Crippen molar-refractivity contribution in [3.63, 3.8) is 0 Å². The summed E-state index contributed by atoms with van der Waals surface area (Å²) in [5.74, 6) is 0.271. The highest BCUT2D eigenvalue weighted by Gasteiger charge is 2.26. The molecule has 1 atom stereocenters. The van der Waals surface area contributed by atoms with Crippen molar-refractivity contribution in [2.75, 3.05) is 33.7 Å². The van der Waals surface area contributed by atoms with E-state index in [2.05, 4.69) is 32.9 Å². The van der Waals surface area contributed by atoms with E-state index in [1.807, 2.05) is 18.2 Å². The number of hydrogen-bond donors (Lipinski definition) is 0. The maximum Gasteiger partial charge on any atom is 0.146 e. The molecule has 0 radical (unpaired) electrons. The molecule has 0 heterocycles. The Morgan fingerprint density at radius 3 is 2.43 bits per heavy atom. The van der Waals surface area contributed by atoms with E-state index < -0.39 is 0 Å². The van der Waals surface area contributed by atoms with Crippen LogP contribution >= 0.6 is 0 Å². The number of ether oxygens (including phenoxy) is 4. The van der Waals surface area contributed by atoms with E-state index in [-0.39, 0.29) is 11.5 Å². The van der Waals surface area contributed by atoms with Gasteiger partial charge in [-0.2, -0.15) is 0 Å². The predicted octanol–water partition coefficient (Wildman–Crippen LogP) is 3.26. The second-order valence-electron chi connectivity index (χ2n) is 5.67. The Balaban J connectivity index is 2.22. The minimum Gasteiger partial charge on any atom is -0.382 e. The van der Waals surface area contributed by atoms with Gasteiger partial charge in [0.05, 0.1) is 32.0 Å². The number of methoxy groups -OCH3 is 1. The molecule has 21 heavy (non-hydrogen) atoms. The van der Waals surface area contributed by atoms with Crippen LogP contribution in [0.1, 0.15) is 26.3 Å². The fourth-order valence-corrected chi connectivity index (χ4v) is 1.67. The molecule has 120 valence electrons. The van der Waals surface area contributed by atoms with Crippen molar-refractivity contribution >= 4 is 0 Å². The Kier molecular flexibility index (Phi) is 8.54. The largest absolute Gasteiger partial charge is 0.382 e. The van der Waals surface area contributed by atoms with Crippen LogP contribution in [0.4, 0.5) is 0 Å². The lowest BCUT2D eigenvalue weighted by atomic mass is 9.93. The fraction of sp³-hybridized carbons (Fsp3) is 0.647. The van der Waals surface area contributed by atoms with Crippen LogP contribution in [0.5, 0.6) is 0 Å². The minimum atomic E-state index is -0.248. The molecule has 0 aromatic heterocycles. The Bertz CT molecular complexity index is 364. The molecule has 1 aromatic rings. The average Bonchev–Trinajstić information content (AvgIpc) is 2.49. The first kappa shape index (κ1) is 18.1. The zero-order chi connectivity index (χ0) is 15.6. The SMILES string of the molecule is COCCOCOC[C@H](C)C(C)(C)OCc1ccccc1. The van der Waals surface area contributed by atoms with Gasteiger partial charge in [0.2, 0.25) is 0 Å². The van der Waals surface area contributed by atoms with Crippen molar-refractivity contribution in [2.45, 2.75) is 33.0 Å². The summed E-state index contributed by atoms with van der Waals surface area (Å²) < 4.78 is 21.7. The average molecular weight is 296 g/mol. The molecule has 4 heteroatoms. The van der Waals surface area contributed by atoms with Crippen molar-refractivity contribution in [3.8, 4) is 0 Å². The maximum atomic E-state index is 6.03. The minimum absolute atomic E-state index is 0.248. The third-order valence-electron chi connectivity index (χ3n) is 3.61. The third-order valence-corrected chi connectivity index (χ3v) is 3.61. The van der Waals surface area contributed by atoms with E-state index in [0.29, 0.717) is 33.2 Å². The molecule has 0 saturated carbocycles. The molecule has 0 aliphatic rings. The summed E-state index contributed by atoms with van der Waals surface area (Å²) in [6, 6.07) is 10.2. The van der Waals surface area contributed by atoms with Crippen molar-refractivity contribution in [1.82, 2.24) is 0 Å². The summed E-state index contributed by atoms with van der Waals surface area (Å²) in [5.41, 5.74) is 0.934. The van der Waals surface area contributed by atoms with Gasteiger partial charge in [-0.25, -0.2) is 0 Å². The Morgan fingerprint density at radius 2 is 1.76 bits per heavy atom. The standard InChI is InChI=1S/C17H28O4/c1-15(12-20-14-19-11-10-18-4)17(2,3)21-13-16-8-6-5-7-9-16/h5-9,15H,10-14H2,1-4H3/t15-/m0/s1. The first-order valence-electron chi connectivity index (χ1n) is 7.38. The molecule has 0 spiro atoms. The Labute approximate surface area is 128 Å². The van der Waals surface area contributed by atoms with Crippen LogP contribution in [0, 0.1) is 5.92 Å². The van der Waals surface area contributed by atoms with Gasteiger partial charge in [-0.15, -0.1) is 0 Å². The van der Waals surface area contributed by atoms with Gasteiger partial charge < -0.3 is 18.9 Å². The molecule has 0 bridgehead atoms. The third kappa shape index (κ3) is 7.58. The van der Waals surface area contributed by atoms with E-state index in [9.17, 15) is 0 Å². The van der Waals surface area contributed by atoms with Crippen LogP contribution in [0.15, 0.2) is 30.3 Å². The molecule has 1 aromatic carbocycles. The fourth-order valence-electron chi connectivity index (χ4n) is 1.67. The lowest BCUT2D eigenvalue weighted by Crippen LogP contribution is -2.35. The van der Waals surface area contributed by atoms with E-state index in [1.54, 1.807) is 7.11 Å². The van der Waals surface area contributed by atoms with Crippen molar-refractivity contribution in [1.29, 1.82) is 0 Å². The molecule has 0 saturated heterocycles. The molecular weight excluding hydrogens is 268 g/mol. The Morgan fingerprint density at radius 1 is 1.05 bits per heavy atom. The lowest BCUT2D eigenvalue weighted by molar-refractivity contribution is -0.118. The van der Waals surface area contributed by atoms with E-state index >= 15 is 0 Å². The number of rotatable bonds is 11. The first-order chi connectivity index (χ1) is 10.1. The second kappa shape index (κ2) is 9.90. The molecule has 0 aliphatic heterocycles. The highest BCUT2D eigenvalue weighted by Crippen LogP contribution is 2.23. The summed E-state index contributed by atoms with van der Waals surface area (Å²) in [4.78, 5) is 0. The van der Waals surface area contributed by atoms with Gasteiger partial charge in [0.1, 0.15) is 6.79 Å². The van der Waals surface area contributed by atoms with Gasteiger partial charge in [-0.05, 0) is 19.4 Å². The van der Waals surface area contributed by atoms with Gasteiger partial charge >= 0.3 is 0 Å². The van der Waals surface area contributed by atoms with E-state index in [0.717, 1.165) is 0 Å². The molecule has 0 N–H and O–H groups in total. The second-order valence-corrected chi connectivity index (χ2v) is 5.67. The van der Waals surface area contributed by atoms with Crippen LogP contribution < -0.4 is 0 Å². The summed E-state index contributed by atoms with van der Waals surface area (Å²) in [6.45, 7) is 8.97. The van der Waals surface area contributed by atoms with Gasteiger partial charge in [0.25, 0.3) is 0 Å². The molecule has 0 fully saturated rings. The van der Waals surface area contributed by atoms with Crippen LogP contribution in [0.3, 0.4) is 0 Å². The zero-order valence-corrected chi connectivity index (χ0v) is 13.6. The van der Waals surface area contributed by atoms with Crippen molar-refractivity contribution < 1.29 is 18.9 Å². The topological polar surface area (TPSA) is 36.9 Å². The van der Waals surface area contributed by atoms with Crippen molar-refractivity contribution in [2.24, 2.45) is 5.92 Å². The molecule has 0 unspecified atom stereocenters. The highest BCUT2D eigenvalue weighted by molar-refractivity contribution is 5.13. The van der Waals surface area contributed by atoms with Gasteiger partial charge in [0.15, 0.2) is 0 Å². The van der Waals surface area contributed by atoms with Gasteiger partial charge in [0, 0.05) is 13.0 Å². The highest BCUT2D eigenvalue weighted by atomic mass is 16.7. The van der Waals surface area contributed by atoms with Gasteiger partial charge in [-0.1, -0.05) is 37.3 Å². The smallest absolute Gasteiger partial charge is 0.146 e. The summed E-state index contributed by atoms with van der Waals surface area (Å²) in [7, 11) is 1.65. The van der Waals surface area contributed by atoms with E-state index in [4.69, 9.17) is 18.9 Å². The normalized spacial score (nSPS) is 13.3. The van der Waals surface area contributed by atoms with Crippen molar-refractivity contribution in [3.05, 3.63) is 35.9 Å². The lowest BCUT2D eigenvalue weighted by Gasteiger charge is -2.32. The molecular formula is C17H28O4. The van der Waals surface area contributed by atoms with Gasteiger partial charge in [-0.3, -0.25) is 0 Å². The first-order valence-corrected chi connectivity index (χ1v) is 7.38. The summed E-state index contributed by atoms with van der Waals surface area (Å²) in [5, 5.41) is 0. The van der Waals surface area contributed by atoms with Crippen LogP contribution in [-0.2, 0) is 25.6 Å². The van der Waals surface area contributed by atoms with Crippen LogP contribution in [0.25, 0.3) is 0 Å². The van der Waals surface area contributed by atoms with E-state index in [1.165, 1.54) is 5.56 Å². The van der Waals surface area contributed by atoms with Crippen LogP contribution in [0.2, 0.25) is 0 Å². The zero-order valence-electron chi connectivity index (χ0n) is 13.6. The maximum absolute atomic E-state index is 6.03. The quantitative estimate of drug-likeness (QED) is 0.464. The summed E-state index contributed by atoms with van der Waals surface area (Å²) >= 11 is 0. The monoisotopic (exact) mass is 296 g/mol. The number of hydrogen-bond acceptors (Lipinski definition) is 4. The molecule has 4 nitrogen and oxygen atoms in total. The Hall–Kier alpha value is -0.940.